The molecule has 0 bridgehead atoms. The van der Waals surface area contributed by atoms with Crippen molar-refractivity contribution in [1.82, 2.24) is 9.80 Å². The van der Waals surface area contributed by atoms with Gasteiger partial charge in [0.15, 0.2) is 0 Å². The summed E-state index contributed by atoms with van der Waals surface area (Å²) in [5, 5.41) is 25.5. The van der Waals surface area contributed by atoms with Gasteiger partial charge >= 0.3 is 17.9 Å². The Hall–Kier alpha value is -2.88. The van der Waals surface area contributed by atoms with Gasteiger partial charge in [0.2, 0.25) is 5.91 Å². The molecule has 9 nitrogen and oxygen atoms in total. The monoisotopic (exact) mass is 526 g/mol. The molecule has 1 unspecified atom stereocenters. The van der Waals surface area contributed by atoms with Crippen molar-refractivity contribution in [1.29, 1.82) is 0 Å². The zero-order chi connectivity index (χ0) is 26.0. The summed E-state index contributed by atoms with van der Waals surface area (Å²) in [6.45, 7) is 3.10. The van der Waals surface area contributed by atoms with Gasteiger partial charge < -0.3 is 20.2 Å². The third-order valence-electron chi connectivity index (χ3n) is 5.63. The van der Waals surface area contributed by atoms with Crippen LogP contribution in [0.4, 0.5) is 0 Å². The summed E-state index contributed by atoms with van der Waals surface area (Å²) in [5.41, 5.74) is 1.82. The highest BCUT2D eigenvalue weighted by molar-refractivity contribution is 6.42. The second-order valence-corrected chi connectivity index (χ2v) is 9.11. The van der Waals surface area contributed by atoms with Crippen molar-refractivity contribution >= 4 is 47.0 Å². The maximum absolute atomic E-state index is 12.9. The van der Waals surface area contributed by atoms with Crippen molar-refractivity contribution in [2.45, 2.75) is 38.1 Å². The maximum atomic E-state index is 12.9. The van der Waals surface area contributed by atoms with Gasteiger partial charge in [0.25, 0.3) is 0 Å². The van der Waals surface area contributed by atoms with E-state index >= 15 is 0 Å². The van der Waals surface area contributed by atoms with Gasteiger partial charge in [-0.05, 0) is 49.0 Å². The van der Waals surface area contributed by atoms with E-state index in [0.29, 0.717) is 35.2 Å². The highest BCUT2D eigenvalue weighted by Gasteiger charge is 2.30. The van der Waals surface area contributed by atoms with E-state index in [2.05, 4.69) is 4.90 Å². The molecule has 3 N–H and O–H groups in total. The minimum Gasteiger partial charge on any atom is -0.478 e. The Morgan fingerprint density at radius 1 is 0.943 bits per heavy atom. The highest BCUT2D eigenvalue weighted by Crippen LogP contribution is 2.25. The molecule has 1 aromatic carbocycles. The molecule has 0 saturated carbocycles. The molecule has 0 radical (unpaired) electrons. The van der Waals surface area contributed by atoms with E-state index in [1.165, 1.54) is 6.08 Å². The van der Waals surface area contributed by atoms with Crippen LogP contribution < -0.4 is 0 Å². The first kappa shape index (κ1) is 28.4. The van der Waals surface area contributed by atoms with Crippen LogP contribution in [0.25, 0.3) is 0 Å². The zero-order valence-corrected chi connectivity index (χ0v) is 20.5. The largest absolute Gasteiger partial charge is 0.478 e. The van der Waals surface area contributed by atoms with Crippen molar-refractivity contribution in [3.8, 4) is 0 Å². The Kier molecular flexibility index (Phi) is 11.2. The van der Waals surface area contributed by atoms with E-state index in [1.807, 2.05) is 11.0 Å². The SMILES string of the molecule is O=C(O)C=C1CCN(CC2CCCCN2C(=O)Cc2ccc(Cl)c(Cl)c2)C1.O=C(O)C=CC(=O)O. The predicted molar refractivity (Wildman–Crippen MR) is 131 cm³/mol. The third-order valence-corrected chi connectivity index (χ3v) is 6.37. The number of likely N-dealkylation sites (tertiary alicyclic amines) is 2. The van der Waals surface area contributed by atoms with E-state index in [9.17, 15) is 19.2 Å². The fraction of sp³-hybridized carbons (Fsp3) is 0.417. The summed E-state index contributed by atoms with van der Waals surface area (Å²) < 4.78 is 0. The van der Waals surface area contributed by atoms with Crippen LogP contribution in [0, 0.1) is 0 Å². The van der Waals surface area contributed by atoms with E-state index in [-0.39, 0.29) is 11.9 Å². The van der Waals surface area contributed by atoms with Crippen molar-refractivity contribution < 1.29 is 34.5 Å². The van der Waals surface area contributed by atoms with Gasteiger partial charge in [-0.3, -0.25) is 9.69 Å². The fourth-order valence-electron chi connectivity index (χ4n) is 4.08. The summed E-state index contributed by atoms with van der Waals surface area (Å²) in [5.74, 6) is -3.29. The van der Waals surface area contributed by atoms with E-state index in [4.69, 9.17) is 38.5 Å². The lowest BCUT2D eigenvalue weighted by Crippen LogP contribution is -2.49. The Labute approximate surface area is 213 Å². The van der Waals surface area contributed by atoms with Crippen molar-refractivity contribution in [2.24, 2.45) is 0 Å². The van der Waals surface area contributed by atoms with Gasteiger partial charge in [-0.2, -0.15) is 0 Å². The summed E-state index contributed by atoms with van der Waals surface area (Å²) in [7, 11) is 0. The molecule has 1 amide bonds. The van der Waals surface area contributed by atoms with E-state index < -0.39 is 17.9 Å². The average molecular weight is 527 g/mol. The lowest BCUT2D eigenvalue weighted by molar-refractivity contribution is -0.134. The van der Waals surface area contributed by atoms with Crippen LogP contribution in [0.3, 0.4) is 0 Å². The number of rotatable bonds is 7. The number of carbonyl (C=O) groups excluding carboxylic acids is 1. The maximum Gasteiger partial charge on any atom is 0.328 e. The first-order valence-electron chi connectivity index (χ1n) is 11.1. The molecule has 2 aliphatic heterocycles. The minimum absolute atomic E-state index is 0.110. The number of halogens is 2. The molecule has 11 heteroatoms. The minimum atomic E-state index is -1.26. The Morgan fingerprint density at radius 2 is 1.63 bits per heavy atom. The van der Waals surface area contributed by atoms with Gasteiger partial charge in [0.1, 0.15) is 0 Å². The zero-order valence-electron chi connectivity index (χ0n) is 19.0. The van der Waals surface area contributed by atoms with Crippen molar-refractivity contribution in [2.75, 3.05) is 26.2 Å². The molecule has 2 saturated heterocycles. The van der Waals surface area contributed by atoms with Crippen LogP contribution in [-0.2, 0) is 25.6 Å². The van der Waals surface area contributed by atoms with Gasteiger partial charge in [0.05, 0.1) is 16.5 Å². The number of carboxylic acid groups (broad SMARTS) is 3. The number of amides is 1. The van der Waals surface area contributed by atoms with Crippen LogP contribution >= 0.6 is 23.2 Å². The quantitative estimate of drug-likeness (QED) is 0.460. The number of hydrogen-bond acceptors (Lipinski definition) is 5. The molecular weight excluding hydrogens is 499 g/mol. The molecule has 35 heavy (non-hydrogen) atoms. The van der Waals surface area contributed by atoms with E-state index in [0.717, 1.165) is 56.5 Å². The fourth-order valence-corrected chi connectivity index (χ4v) is 4.40. The Bertz CT molecular complexity index is 994. The molecule has 2 fully saturated rings. The summed E-state index contributed by atoms with van der Waals surface area (Å²) in [6, 6.07) is 5.50. The summed E-state index contributed by atoms with van der Waals surface area (Å²) >= 11 is 12.0. The van der Waals surface area contributed by atoms with Crippen LogP contribution in [0.5, 0.6) is 0 Å². The molecule has 0 aromatic heterocycles. The van der Waals surface area contributed by atoms with Crippen LogP contribution in [0.15, 0.2) is 42.0 Å². The number of hydrogen-bond donors (Lipinski definition) is 3. The second-order valence-electron chi connectivity index (χ2n) is 8.30. The van der Waals surface area contributed by atoms with Crippen LogP contribution in [0.2, 0.25) is 10.0 Å². The van der Waals surface area contributed by atoms with Crippen molar-refractivity contribution in [3.63, 3.8) is 0 Å². The third kappa shape index (κ3) is 10.1. The average Bonchev–Trinajstić information content (AvgIpc) is 3.21. The standard InChI is InChI=1S/C20H24Cl2N2O3.C4H4O4/c21-17-5-4-14(9-18(17)22)10-19(25)24-7-2-1-3-16(24)13-23-8-6-15(12-23)11-20(26)27;5-3(6)1-2-4(7)8/h4-5,9,11,16H,1-3,6-8,10,12-13H2,(H,26,27);1-2H,(H,5,6)(H,7,8). The lowest BCUT2D eigenvalue weighted by Gasteiger charge is -2.38. The molecule has 2 heterocycles. The Morgan fingerprint density at radius 3 is 2.23 bits per heavy atom. The number of carboxylic acids is 3. The second kappa shape index (κ2) is 13.9. The number of piperidine rings is 1. The normalized spacial score (nSPS) is 19.4. The predicted octanol–water partition coefficient (Wildman–Crippen LogP) is 3.35. The number of nitrogens with zero attached hydrogens (tertiary/aromatic N) is 2. The molecule has 0 spiro atoms. The van der Waals surface area contributed by atoms with Gasteiger partial charge in [-0.15, -0.1) is 0 Å². The molecule has 190 valence electrons. The Balaban J connectivity index is 0.000000466. The molecule has 2 aliphatic rings. The first-order valence-corrected chi connectivity index (χ1v) is 11.8. The molecule has 0 aliphatic carbocycles. The lowest BCUT2D eigenvalue weighted by atomic mass is 10.00. The van der Waals surface area contributed by atoms with Gasteiger partial charge in [-0.25, -0.2) is 14.4 Å². The molecule has 3 rings (SSSR count). The topological polar surface area (TPSA) is 135 Å². The van der Waals surface area contributed by atoms with Gasteiger partial charge in [0, 0.05) is 50.4 Å². The molecule has 1 atom stereocenters. The first-order chi connectivity index (χ1) is 16.5. The van der Waals surface area contributed by atoms with Crippen LogP contribution in [0.1, 0.15) is 31.2 Å². The van der Waals surface area contributed by atoms with Crippen molar-refractivity contribution in [3.05, 3.63) is 57.6 Å². The molecule has 1 aromatic rings. The van der Waals surface area contributed by atoms with E-state index in [1.54, 1.807) is 12.1 Å². The van der Waals surface area contributed by atoms with Gasteiger partial charge in [-0.1, -0.05) is 29.3 Å². The van der Waals surface area contributed by atoms with Crippen LogP contribution in [-0.4, -0.2) is 81.2 Å². The smallest absolute Gasteiger partial charge is 0.328 e. The summed E-state index contributed by atoms with van der Waals surface area (Å²) in [6.07, 6.45) is 6.66. The summed E-state index contributed by atoms with van der Waals surface area (Å²) in [4.78, 5) is 47.1. The number of carbonyl (C=O) groups is 4. The molecular formula is C24H28Cl2N2O7. The highest BCUT2D eigenvalue weighted by atomic mass is 35.5. The number of benzene rings is 1. The number of aliphatic carboxylic acids is 3.